The summed E-state index contributed by atoms with van der Waals surface area (Å²) in [5.74, 6) is -1.32. The number of carbonyl (C=O) groups is 2. The molecule has 0 unspecified atom stereocenters. The molecule has 3 aromatic rings. The van der Waals surface area contributed by atoms with Gasteiger partial charge in [0, 0.05) is 49.9 Å². The summed E-state index contributed by atoms with van der Waals surface area (Å²) < 4.78 is 20.2. The van der Waals surface area contributed by atoms with Crippen molar-refractivity contribution >= 4 is 23.2 Å². The predicted molar refractivity (Wildman–Crippen MR) is 147 cm³/mol. The highest BCUT2D eigenvalue weighted by molar-refractivity contribution is 7.15. The van der Waals surface area contributed by atoms with Crippen molar-refractivity contribution in [3.63, 3.8) is 0 Å². The maximum Gasteiger partial charge on any atom is 0.274 e. The smallest absolute Gasteiger partial charge is 0.274 e. The number of rotatable bonds is 7. The standard InChI is InChI=1S/C29H31FN4O5S/c1-16(18-6-7-18)33-15-29(2,28(38)32-12-20(13-32)39-3)34-14-22(24(35)25(36)23(34)27(33)37)26-31-11-21(40-26)10-17-4-8-19(30)9-5-17/h4-5,8-9,11,14,16,18,20,36H,6-7,10,12-13,15H2,1-3H3/t16-,29+/m0/s1. The van der Waals surface area contributed by atoms with Gasteiger partial charge in [-0.05, 0) is 50.3 Å². The summed E-state index contributed by atoms with van der Waals surface area (Å²) >= 11 is 1.27. The fraction of sp³-hybridized carbons (Fsp3) is 0.448. The van der Waals surface area contributed by atoms with Crippen LogP contribution in [0.2, 0.25) is 0 Å². The van der Waals surface area contributed by atoms with E-state index in [0.717, 1.165) is 23.3 Å². The van der Waals surface area contributed by atoms with Crippen molar-refractivity contribution in [2.45, 2.75) is 50.8 Å². The van der Waals surface area contributed by atoms with Gasteiger partial charge in [-0.25, -0.2) is 9.37 Å². The van der Waals surface area contributed by atoms with Gasteiger partial charge in [0.05, 0.1) is 18.2 Å². The molecule has 2 atom stereocenters. The molecule has 0 radical (unpaired) electrons. The van der Waals surface area contributed by atoms with Crippen LogP contribution in [0.5, 0.6) is 5.75 Å². The number of hydrogen-bond acceptors (Lipinski definition) is 7. The second kappa shape index (κ2) is 9.81. The zero-order valence-corrected chi connectivity index (χ0v) is 23.4. The van der Waals surface area contributed by atoms with Gasteiger partial charge in [-0.1, -0.05) is 12.1 Å². The molecule has 1 saturated carbocycles. The summed E-state index contributed by atoms with van der Waals surface area (Å²) in [7, 11) is 1.61. The van der Waals surface area contributed by atoms with E-state index in [1.54, 1.807) is 42.2 Å². The summed E-state index contributed by atoms with van der Waals surface area (Å²) in [5, 5.41) is 11.6. The average Bonchev–Trinajstić information content (AvgIpc) is 3.67. The molecule has 0 bridgehead atoms. The lowest BCUT2D eigenvalue weighted by molar-refractivity contribution is -0.153. The number of pyridine rings is 1. The minimum absolute atomic E-state index is 0.0495. The number of hydrogen-bond donors (Lipinski definition) is 1. The highest BCUT2D eigenvalue weighted by Crippen LogP contribution is 2.41. The fourth-order valence-electron chi connectivity index (χ4n) is 5.71. The molecular weight excluding hydrogens is 535 g/mol. The lowest BCUT2D eigenvalue weighted by Crippen LogP contribution is -2.66. The molecule has 2 aliphatic heterocycles. The van der Waals surface area contributed by atoms with Crippen molar-refractivity contribution in [2.75, 3.05) is 26.7 Å². The molecule has 3 aliphatic rings. The molecule has 1 aliphatic carbocycles. The van der Waals surface area contributed by atoms with Crippen LogP contribution in [-0.4, -0.2) is 75.2 Å². The SMILES string of the molecule is COC1CN(C(=O)[C@@]2(C)CN([C@@H](C)C3CC3)C(=O)c3c(O)c(=O)c(-c4ncc(Cc5ccc(F)cc5)s4)cn32)C1. The van der Waals surface area contributed by atoms with Crippen LogP contribution in [0.15, 0.2) is 41.5 Å². The molecular formula is C29H31FN4O5S. The first-order chi connectivity index (χ1) is 19.1. The van der Waals surface area contributed by atoms with Crippen molar-refractivity contribution in [1.29, 1.82) is 0 Å². The number of thiazole rings is 1. The third kappa shape index (κ3) is 4.41. The van der Waals surface area contributed by atoms with Gasteiger partial charge in [0.2, 0.25) is 5.43 Å². The number of amides is 2. The van der Waals surface area contributed by atoms with Gasteiger partial charge in [0.25, 0.3) is 11.8 Å². The normalized spacial score (nSPS) is 21.8. The number of carbonyl (C=O) groups excluding carboxylic acids is 2. The van der Waals surface area contributed by atoms with E-state index in [2.05, 4.69) is 4.98 Å². The second-order valence-electron chi connectivity index (χ2n) is 11.2. The number of aromatic nitrogens is 2. The Morgan fingerprint density at radius 2 is 1.95 bits per heavy atom. The number of ether oxygens (including phenoxy) is 1. The average molecular weight is 567 g/mol. The Morgan fingerprint density at radius 1 is 1.25 bits per heavy atom. The van der Waals surface area contributed by atoms with E-state index in [1.165, 1.54) is 34.2 Å². The first-order valence-electron chi connectivity index (χ1n) is 13.4. The minimum Gasteiger partial charge on any atom is -0.503 e. The van der Waals surface area contributed by atoms with Gasteiger partial charge >= 0.3 is 0 Å². The maximum atomic E-state index is 14.0. The zero-order valence-electron chi connectivity index (χ0n) is 22.6. The summed E-state index contributed by atoms with van der Waals surface area (Å²) in [6.07, 6.45) is 5.59. The van der Waals surface area contributed by atoms with Gasteiger partial charge in [-0.15, -0.1) is 11.3 Å². The Labute approximate surface area is 234 Å². The Kier molecular flexibility index (Phi) is 6.53. The van der Waals surface area contributed by atoms with Crippen molar-refractivity contribution < 1.29 is 23.8 Å². The van der Waals surface area contributed by atoms with Crippen LogP contribution in [-0.2, 0) is 21.5 Å². The monoisotopic (exact) mass is 566 g/mol. The summed E-state index contributed by atoms with van der Waals surface area (Å²) in [5.41, 5.74) is -1.12. The van der Waals surface area contributed by atoms with Gasteiger partial charge < -0.3 is 24.2 Å². The minimum atomic E-state index is -1.25. The predicted octanol–water partition coefficient (Wildman–Crippen LogP) is 3.23. The Bertz CT molecular complexity index is 1540. The van der Waals surface area contributed by atoms with Crippen molar-refractivity contribution in [1.82, 2.24) is 19.4 Å². The van der Waals surface area contributed by atoms with Crippen LogP contribution >= 0.6 is 11.3 Å². The molecule has 1 aromatic carbocycles. The summed E-state index contributed by atoms with van der Waals surface area (Å²) in [4.78, 5) is 49.8. The topological polar surface area (TPSA) is 105 Å². The van der Waals surface area contributed by atoms with Crippen molar-refractivity contribution in [3.8, 4) is 16.3 Å². The van der Waals surface area contributed by atoms with E-state index in [9.17, 15) is 23.9 Å². The highest BCUT2D eigenvalue weighted by atomic mass is 32.1. The molecule has 2 aromatic heterocycles. The van der Waals surface area contributed by atoms with E-state index >= 15 is 0 Å². The van der Waals surface area contributed by atoms with E-state index in [-0.39, 0.29) is 41.7 Å². The Hall–Kier alpha value is -3.57. The first kappa shape index (κ1) is 26.6. The zero-order chi connectivity index (χ0) is 28.3. The van der Waals surface area contributed by atoms with Gasteiger partial charge in [0.15, 0.2) is 11.4 Å². The molecule has 9 nitrogen and oxygen atoms in total. The van der Waals surface area contributed by atoms with Gasteiger partial charge in [0.1, 0.15) is 16.4 Å². The van der Waals surface area contributed by atoms with Crippen LogP contribution in [0.3, 0.4) is 0 Å². The first-order valence-corrected chi connectivity index (χ1v) is 14.2. The van der Waals surface area contributed by atoms with Crippen LogP contribution in [0.4, 0.5) is 4.39 Å². The molecule has 1 saturated heterocycles. The number of nitrogens with zero attached hydrogens (tertiary/aromatic N) is 4. The molecule has 11 heteroatoms. The molecule has 2 amide bonds. The molecule has 1 N–H and O–H groups in total. The maximum absolute atomic E-state index is 14.0. The molecule has 2 fully saturated rings. The van der Waals surface area contributed by atoms with E-state index in [4.69, 9.17) is 4.74 Å². The number of benzene rings is 1. The number of methoxy groups -OCH3 is 1. The van der Waals surface area contributed by atoms with Crippen LogP contribution < -0.4 is 5.43 Å². The largest absolute Gasteiger partial charge is 0.503 e. The second-order valence-corrected chi connectivity index (χ2v) is 12.3. The fourth-order valence-corrected chi connectivity index (χ4v) is 6.66. The summed E-state index contributed by atoms with van der Waals surface area (Å²) in [6, 6.07) is 6.03. The van der Waals surface area contributed by atoms with Crippen LogP contribution in [0.1, 0.15) is 47.6 Å². The molecule has 4 heterocycles. The number of likely N-dealkylation sites (tertiary alicyclic amines) is 1. The van der Waals surface area contributed by atoms with Gasteiger partial charge in [-0.2, -0.15) is 0 Å². The number of fused-ring (bicyclic) bond motifs is 1. The van der Waals surface area contributed by atoms with E-state index < -0.39 is 22.6 Å². The van der Waals surface area contributed by atoms with Crippen LogP contribution in [0, 0.1) is 11.7 Å². The molecule has 0 spiro atoms. The van der Waals surface area contributed by atoms with E-state index in [1.807, 2.05) is 6.92 Å². The third-order valence-corrected chi connectivity index (χ3v) is 9.49. The lowest BCUT2D eigenvalue weighted by Gasteiger charge is -2.49. The van der Waals surface area contributed by atoms with E-state index in [0.29, 0.717) is 30.4 Å². The highest BCUT2D eigenvalue weighted by Gasteiger charge is 2.52. The number of aromatic hydroxyl groups is 1. The Morgan fingerprint density at radius 3 is 2.60 bits per heavy atom. The van der Waals surface area contributed by atoms with Crippen LogP contribution in [0.25, 0.3) is 10.6 Å². The molecule has 40 heavy (non-hydrogen) atoms. The van der Waals surface area contributed by atoms with Crippen molar-refractivity contribution in [3.05, 3.63) is 68.8 Å². The molecule has 210 valence electrons. The quantitative estimate of drug-likeness (QED) is 0.471. The Balaban J connectivity index is 1.42. The summed E-state index contributed by atoms with van der Waals surface area (Å²) in [6.45, 7) is 4.71. The van der Waals surface area contributed by atoms with Gasteiger partial charge in [-0.3, -0.25) is 14.4 Å². The third-order valence-electron chi connectivity index (χ3n) is 8.46. The molecule has 6 rings (SSSR count). The lowest BCUT2D eigenvalue weighted by atomic mass is 9.90. The number of halogens is 1. The van der Waals surface area contributed by atoms with Crippen molar-refractivity contribution in [2.24, 2.45) is 5.92 Å².